The number of nitrogens with zero attached hydrogens (tertiary/aromatic N) is 5. The van der Waals surface area contributed by atoms with Gasteiger partial charge in [0.15, 0.2) is 5.82 Å². The standard InChI is InChI=1S/C18H19ClN6O/c1-12-9-14(10-13(2)15(12)19)26-18-16(22)17(23-11-24-18)25(7-3-5-20)8-4-6-21/h9-11H,3-4,7-8,22H2,1-2H3. The van der Waals surface area contributed by atoms with Crippen molar-refractivity contribution in [3.05, 3.63) is 34.6 Å². The van der Waals surface area contributed by atoms with Gasteiger partial charge < -0.3 is 15.4 Å². The monoisotopic (exact) mass is 370 g/mol. The Morgan fingerprint density at radius 2 is 1.69 bits per heavy atom. The summed E-state index contributed by atoms with van der Waals surface area (Å²) in [6, 6.07) is 7.78. The number of aromatic nitrogens is 2. The summed E-state index contributed by atoms with van der Waals surface area (Å²) in [5, 5.41) is 18.4. The number of benzene rings is 1. The Bertz CT molecular complexity index is 830. The summed E-state index contributed by atoms with van der Waals surface area (Å²) >= 11 is 6.18. The maximum Gasteiger partial charge on any atom is 0.248 e. The van der Waals surface area contributed by atoms with Gasteiger partial charge in [0.05, 0.1) is 25.0 Å². The highest BCUT2D eigenvalue weighted by Gasteiger charge is 2.17. The molecule has 134 valence electrons. The van der Waals surface area contributed by atoms with Crippen LogP contribution in [0.2, 0.25) is 5.02 Å². The smallest absolute Gasteiger partial charge is 0.248 e. The van der Waals surface area contributed by atoms with E-state index in [2.05, 4.69) is 22.1 Å². The van der Waals surface area contributed by atoms with Crippen molar-refractivity contribution in [1.82, 2.24) is 9.97 Å². The van der Waals surface area contributed by atoms with Crippen LogP contribution in [0.5, 0.6) is 11.6 Å². The maximum atomic E-state index is 8.84. The number of rotatable bonds is 7. The number of ether oxygens (including phenoxy) is 1. The third-order valence-electron chi connectivity index (χ3n) is 3.74. The molecule has 8 heteroatoms. The van der Waals surface area contributed by atoms with Gasteiger partial charge in [-0.2, -0.15) is 15.5 Å². The van der Waals surface area contributed by atoms with Gasteiger partial charge in [-0.1, -0.05) is 11.6 Å². The number of hydrogen-bond donors (Lipinski definition) is 1. The quantitative estimate of drug-likeness (QED) is 0.789. The van der Waals surface area contributed by atoms with Gasteiger partial charge in [0.2, 0.25) is 5.88 Å². The van der Waals surface area contributed by atoms with Crippen LogP contribution < -0.4 is 15.4 Å². The zero-order valence-electron chi connectivity index (χ0n) is 14.7. The normalized spacial score (nSPS) is 10.0. The molecule has 0 aliphatic rings. The molecule has 2 N–H and O–H groups in total. The number of hydrogen-bond acceptors (Lipinski definition) is 7. The Kier molecular flexibility index (Phi) is 6.60. The van der Waals surface area contributed by atoms with Crippen LogP contribution in [0.3, 0.4) is 0 Å². The Hall–Kier alpha value is -3.03. The second-order valence-electron chi connectivity index (χ2n) is 5.69. The van der Waals surface area contributed by atoms with Crippen molar-refractivity contribution in [1.29, 1.82) is 10.5 Å². The van der Waals surface area contributed by atoms with Gasteiger partial charge in [0.25, 0.3) is 0 Å². The molecular formula is C18H19ClN6O. The zero-order chi connectivity index (χ0) is 19.1. The highest BCUT2D eigenvalue weighted by Crippen LogP contribution is 2.34. The highest BCUT2D eigenvalue weighted by atomic mass is 35.5. The lowest BCUT2D eigenvalue weighted by Crippen LogP contribution is -2.27. The number of halogens is 1. The molecule has 1 heterocycles. The summed E-state index contributed by atoms with van der Waals surface area (Å²) in [5.74, 6) is 1.24. The maximum absolute atomic E-state index is 8.84. The molecule has 0 spiro atoms. The van der Waals surface area contributed by atoms with Gasteiger partial charge >= 0.3 is 0 Å². The van der Waals surface area contributed by atoms with E-state index >= 15 is 0 Å². The highest BCUT2D eigenvalue weighted by molar-refractivity contribution is 6.32. The summed E-state index contributed by atoms with van der Waals surface area (Å²) < 4.78 is 5.83. The van der Waals surface area contributed by atoms with Crippen LogP contribution in [0.4, 0.5) is 11.5 Å². The van der Waals surface area contributed by atoms with E-state index in [0.717, 1.165) is 11.1 Å². The minimum atomic E-state index is 0.218. The van der Waals surface area contributed by atoms with Crippen LogP contribution in [-0.2, 0) is 0 Å². The Labute approximate surface area is 157 Å². The topological polar surface area (TPSA) is 112 Å². The molecule has 2 aromatic rings. The van der Waals surface area contributed by atoms with Crippen molar-refractivity contribution in [3.63, 3.8) is 0 Å². The van der Waals surface area contributed by atoms with Gasteiger partial charge in [0, 0.05) is 18.1 Å². The minimum Gasteiger partial charge on any atom is -0.437 e. The molecule has 0 radical (unpaired) electrons. The van der Waals surface area contributed by atoms with Crippen LogP contribution in [-0.4, -0.2) is 23.1 Å². The zero-order valence-corrected chi connectivity index (χ0v) is 15.4. The van der Waals surface area contributed by atoms with E-state index in [0.29, 0.717) is 42.5 Å². The van der Waals surface area contributed by atoms with Crippen molar-refractivity contribution < 1.29 is 4.74 Å². The van der Waals surface area contributed by atoms with Gasteiger partial charge in [-0.3, -0.25) is 0 Å². The number of nitrogen functional groups attached to an aromatic ring is 1. The first-order valence-electron chi connectivity index (χ1n) is 8.01. The molecule has 0 fully saturated rings. The van der Waals surface area contributed by atoms with E-state index in [-0.39, 0.29) is 11.6 Å². The fraction of sp³-hybridized carbons (Fsp3) is 0.333. The van der Waals surface area contributed by atoms with Crippen LogP contribution in [0.15, 0.2) is 18.5 Å². The van der Waals surface area contributed by atoms with Gasteiger partial charge in [-0.05, 0) is 37.1 Å². The van der Waals surface area contributed by atoms with Crippen molar-refractivity contribution in [2.45, 2.75) is 26.7 Å². The molecule has 7 nitrogen and oxygen atoms in total. The van der Waals surface area contributed by atoms with E-state index in [1.165, 1.54) is 6.33 Å². The first-order chi connectivity index (χ1) is 12.5. The van der Waals surface area contributed by atoms with E-state index < -0.39 is 0 Å². The molecule has 2 rings (SSSR count). The molecule has 0 bridgehead atoms. The average Bonchev–Trinajstić information content (AvgIpc) is 2.62. The van der Waals surface area contributed by atoms with Crippen molar-refractivity contribution in [2.24, 2.45) is 0 Å². The van der Waals surface area contributed by atoms with Crippen molar-refractivity contribution in [3.8, 4) is 23.8 Å². The predicted octanol–water partition coefficient (Wildman–Crippen LogP) is 3.76. The Balaban J connectivity index is 2.33. The first kappa shape index (κ1) is 19.3. The average molecular weight is 371 g/mol. The van der Waals surface area contributed by atoms with E-state index in [9.17, 15) is 0 Å². The minimum absolute atomic E-state index is 0.218. The molecule has 1 aromatic carbocycles. The van der Waals surface area contributed by atoms with Crippen LogP contribution >= 0.6 is 11.6 Å². The molecule has 0 saturated heterocycles. The summed E-state index contributed by atoms with van der Waals surface area (Å²) in [6.45, 7) is 4.61. The van der Waals surface area contributed by atoms with Crippen molar-refractivity contribution >= 4 is 23.1 Å². The summed E-state index contributed by atoms with van der Waals surface area (Å²) in [6.07, 6.45) is 1.93. The summed E-state index contributed by atoms with van der Waals surface area (Å²) in [4.78, 5) is 10.1. The number of anilines is 2. The largest absolute Gasteiger partial charge is 0.437 e. The Morgan fingerprint density at radius 1 is 1.12 bits per heavy atom. The molecular weight excluding hydrogens is 352 g/mol. The second kappa shape index (κ2) is 8.89. The van der Waals surface area contributed by atoms with Crippen LogP contribution in [0.1, 0.15) is 24.0 Å². The SMILES string of the molecule is Cc1cc(Oc2ncnc(N(CCC#N)CCC#N)c2N)cc(C)c1Cl. The molecule has 1 aromatic heterocycles. The third kappa shape index (κ3) is 4.53. The Morgan fingerprint density at radius 3 is 2.23 bits per heavy atom. The molecule has 0 unspecified atom stereocenters. The fourth-order valence-corrected chi connectivity index (χ4v) is 2.58. The lowest BCUT2D eigenvalue weighted by molar-refractivity contribution is 0.463. The van der Waals surface area contributed by atoms with Crippen LogP contribution in [0, 0.1) is 36.5 Å². The summed E-state index contributed by atoms with van der Waals surface area (Å²) in [5.41, 5.74) is 8.23. The van der Waals surface area contributed by atoms with Crippen molar-refractivity contribution in [2.75, 3.05) is 23.7 Å². The fourth-order valence-electron chi connectivity index (χ4n) is 2.47. The molecule has 0 aliphatic carbocycles. The molecule has 0 amide bonds. The third-order valence-corrected chi connectivity index (χ3v) is 4.33. The van der Waals surface area contributed by atoms with E-state index in [1.54, 1.807) is 17.0 Å². The lowest BCUT2D eigenvalue weighted by atomic mass is 10.1. The van der Waals surface area contributed by atoms with Crippen LogP contribution in [0.25, 0.3) is 0 Å². The molecule has 0 saturated carbocycles. The number of nitrogens with two attached hydrogens (primary N) is 1. The second-order valence-corrected chi connectivity index (χ2v) is 6.07. The van der Waals surface area contributed by atoms with E-state index in [1.807, 2.05) is 13.8 Å². The molecule has 0 atom stereocenters. The number of aryl methyl sites for hydroxylation is 2. The van der Waals surface area contributed by atoms with Gasteiger partial charge in [-0.15, -0.1) is 0 Å². The summed E-state index contributed by atoms with van der Waals surface area (Å²) in [7, 11) is 0. The number of nitriles is 2. The lowest BCUT2D eigenvalue weighted by Gasteiger charge is -2.23. The predicted molar refractivity (Wildman–Crippen MR) is 100 cm³/mol. The molecule has 26 heavy (non-hydrogen) atoms. The first-order valence-corrected chi connectivity index (χ1v) is 8.39. The molecule has 0 aliphatic heterocycles. The van der Waals surface area contributed by atoms with Gasteiger partial charge in [-0.25, -0.2) is 4.98 Å². The van der Waals surface area contributed by atoms with Gasteiger partial charge in [0.1, 0.15) is 17.8 Å². The van der Waals surface area contributed by atoms with E-state index in [4.69, 9.17) is 32.6 Å².